The average Bonchev–Trinajstić information content (AvgIpc) is 2.74. The maximum atomic E-state index is 13.7. The summed E-state index contributed by atoms with van der Waals surface area (Å²) in [5, 5.41) is 3.10. The minimum Gasteiger partial charge on any atom is -0.463 e. The van der Waals surface area contributed by atoms with Gasteiger partial charge in [0.15, 0.2) is 0 Å². The monoisotopic (exact) mass is 465 g/mol. The van der Waals surface area contributed by atoms with Gasteiger partial charge in [-0.3, -0.25) is 14.5 Å². The molecule has 1 rings (SSSR count). The zero-order valence-electron chi connectivity index (χ0n) is 22.4. The van der Waals surface area contributed by atoms with E-state index in [0.29, 0.717) is 12.2 Å². The van der Waals surface area contributed by atoms with E-state index >= 15 is 0 Å². The molecule has 3 atom stereocenters. The van der Waals surface area contributed by atoms with E-state index in [0.717, 1.165) is 38.8 Å². The van der Waals surface area contributed by atoms with Gasteiger partial charge in [-0.05, 0) is 57.5 Å². The third kappa shape index (κ3) is 8.43. The third-order valence-corrected chi connectivity index (χ3v) is 6.32. The maximum Gasteiger partial charge on any atom is 0.333 e. The Labute approximate surface area is 201 Å². The molecule has 1 unspecified atom stereocenters. The zero-order chi connectivity index (χ0) is 25.3. The van der Waals surface area contributed by atoms with Gasteiger partial charge in [-0.2, -0.15) is 0 Å². The van der Waals surface area contributed by atoms with Crippen LogP contribution >= 0.6 is 0 Å². The van der Waals surface area contributed by atoms with Crippen molar-refractivity contribution in [3.05, 3.63) is 11.6 Å². The van der Waals surface area contributed by atoms with Gasteiger partial charge in [0.1, 0.15) is 6.04 Å². The van der Waals surface area contributed by atoms with E-state index in [-0.39, 0.29) is 35.8 Å². The predicted octanol–water partition coefficient (Wildman–Crippen LogP) is 3.77. The fourth-order valence-corrected chi connectivity index (χ4v) is 4.40. The number of nitrogens with one attached hydrogen (secondary N) is 1. The van der Waals surface area contributed by atoms with Gasteiger partial charge in [-0.1, -0.05) is 54.0 Å². The van der Waals surface area contributed by atoms with Crippen LogP contribution in [0.1, 0.15) is 81.1 Å². The van der Waals surface area contributed by atoms with Crippen LogP contribution in [0.15, 0.2) is 11.6 Å². The fraction of sp³-hybridized carbons (Fsp3) is 0.808. The lowest BCUT2D eigenvalue weighted by Gasteiger charge is -2.40. The molecule has 0 aromatic rings. The minimum atomic E-state index is -0.669. The number of esters is 1. The largest absolute Gasteiger partial charge is 0.463 e. The molecule has 0 aliphatic carbocycles. The number of ether oxygens (including phenoxy) is 1. The first-order chi connectivity index (χ1) is 15.3. The van der Waals surface area contributed by atoms with E-state index in [2.05, 4.69) is 17.1 Å². The number of likely N-dealkylation sites (N-methyl/N-ethyl adjacent to an activating group) is 1. The number of nitrogens with zero attached hydrogens (tertiary/aromatic N) is 2. The van der Waals surface area contributed by atoms with Crippen molar-refractivity contribution in [3.8, 4) is 0 Å². The standard InChI is InChI=1S/C26H47N3O4/c1-10-15-29-16-13-12-14-20(29)23(30)27-22(26(6,7)8)24(31)28(9)21(18(3)4)17-19(5)25(32)33-11-2/h17-18,20-22H,10-16H2,1-9H3,(H,27,30)/b19-17+/t20-,21?,22-/m1/s1. The lowest BCUT2D eigenvalue weighted by molar-refractivity contribution is -0.142. The highest BCUT2D eigenvalue weighted by atomic mass is 16.5. The third-order valence-electron chi connectivity index (χ3n) is 6.32. The van der Waals surface area contributed by atoms with Crippen molar-refractivity contribution >= 4 is 17.8 Å². The number of hydrogen-bond acceptors (Lipinski definition) is 5. The van der Waals surface area contributed by atoms with Gasteiger partial charge in [0.05, 0.1) is 18.7 Å². The van der Waals surface area contributed by atoms with Crippen molar-refractivity contribution < 1.29 is 19.1 Å². The number of likely N-dealkylation sites (tertiary alicyclic amines) is 1. The first-order valence-electron chi connectivity index (χ1n) is 12.5. The molecule has 1 aliphatic rings. The second-order valence-corrected chi connectivity index (χ2v) is 10.6. The number of carbonyl (C=O) groups excluding carboxylic acids is 3. The molecule has 190 valence electrons. The molecule has 7 heteroatoms. The van der Waals surface area contributed by atoms with Crippen LogP contribution in [-0.2, 0) is 19.1 Å². The molecular formula is C26H47N3O4. The summed E-state index contributed by atoms with van der Waals surface area (Å²) in [7, 11) is 1.75. The van der Waals surface area contributed by atoms with E-state index < -0.39 is 11.5 Å². The van der Waals surface area contributed by atoms with E-state index in [1.165, 1.54) is 0 Å². The minimum absolute atomic E-state index is 0.0656. The second-order valence-electron chi connectivity index (χ2n) is 10.6. The lowest BCUT2D eigenvalue weighted by Crippen LogP contribution is -2.60. The Kier molecular flexibility index (Phi) is 11.6. The Hall–Kier alpha value is -1.89. The first kappa shape index (κ1) is 29.1. The Balaban J connectivity index is 3.13. The molecule has 0 radical (unpaired) electrons. The highest BCUT2D eigenvalue weighted by molar-refractivity contribution is 5.91. The van der Waals surface area contributed by atoms with Crippen LogP contribution in [0.4, 0.5) is 0 Å². The van der Waals surface area contributed by atoms with Crippen molar-refractivity contribution in [1.82, 2.24) is 15.1 Å². The summed E-state index contributed by atoms with van der Waals surface area (Å²) in [5.74, 6) is -0.513. The van der Waals surface area contributed by atoms with Crippen molar-refractivity contribution in [2.75, 3.05) is 26.7 Å². The van der Waals surface area contributed by atoms with Gasteiger partial charge >= 0.3 is 5.97 Å². The summed E-state index contributed by atoms with van der Waals surface area (Å²) >= 11 is 0. The van der Waals surface area contributed by atoms with Gasteiger partial charge < -0.3 is 15.0 Å². The summed E-state index contributed by atoms with van der Waals surface area (Å²) < 4.78 is 5.10. The average molecular weight is 466 g/mol. The predicted molar refractivity (Wildman–Crippen MR) is 133 cm³/mol. The van der Waals surface area contributed by atoms with Crippen LogP contribution in [0.5, 0.6) is 0 Å². The maximum absolute atomic E-state index is 13.7. The van der Waals surface area contributed by atoms with E-state index in [4.69, 9.17) is 4.74 Å². The normalized spacial score (nSPS) is 19.7. The molecule has 2 amide bonds. The molecular weight excluding hydrogens is 418 g/mol. The van der Waals surface area contributed by atoms with Crippen LogP contribution in [0.2, 0.25) is 0 Å². The lowest BCUT2D eigenvalue weighted by atomic mass is 9.84. The van der Waals surface area contributed by atoms with E-state index in [9.17, 15) is 14.4 Å². The van der Waals surface area contributed by atoms with Gasteiger partial charge in [-0.15, -0.1) is 0 Å². The summed E-state index contributed by atoms with van der Waals surface area (Å²) in [4.78, 5) is 43.0. The molecule has 0 aromatic carbocycles. The highest BCUT2D eigenvalue weighted by Crippen LogP contribution is 2.25. The Morgan fingerprint density at radius 1 is 1.18 bits per heavy atom. The van der Waals surface area contributed by atoms with Crippen LogP contribution in [0.25, 0.3) is 0 Å². The molecule has 1 saturated heterocycles. The van der Waals surface area contributed by atoms with E-state index in [1.54, 1.807) is 31.9 Å². The van der Waals surface area contributed by atoms with E-state index in [1.807, 2.05) is 34.6 Å². The molecule has 7 nitrogen and oxygen atoms in total. The van der Waals surface area contributed by atoms with Crippen LogP contribution in [-0.4, -0.2) is 72.5 Å². The molecule has 1 fully saturated rings. The zero-order valence-corrected chi connectivity index (χ0v) is 22.4. The van der Waals surface area contributed by atoms with Gasteiger partial charge in [0, 0.05) is 12.6 Å². The SMILES string of the molecule is CCCN1CCCC[C@@H]1C(=O)N[C@H](C(=O)N(C)C(/C=C(\C)C(=O)OCC)C(C)C)C(C)(C)C. The molecule has 0 spiro atoms. The summed E-state index contributed by atoms with van der Waals surface area (Å²) in [5.41, 5.74) is 0.0103. The number of rotatable bonds is 10. The van der Waals surface area contributed by atoms with Crippen molar-refractivity contribution in [1.29, 1.82) is 0 Å². The summed E-state index contributed by atoms with van der Waals surface area (Å²) in [6, 6.07) is -1.15. The van der Waals surface area contributed by atoms with Crippen molar-refractivity contribution in [3.63, 3.8) is 0 Å². The van der Waals surface area contributed by atoms with Crippen LogP contribution < -0.4 is 5.32 Å². The van der Waals surface area contributed by atoms with Gasteiger partial charge in [-0.25, -0.2) is 4.79 Å². The number of hydrogen-bond donors (Lipinski definition) is 1. The Morgan fingerprint density at radius 2 is 1.82 bits per heavy atom. The second kappa shape index (κ2) is 13.1. The number of carbonyl (C=O) groups is 3. The van der Waals surface area contributed by atoms with Gasteiger partial charge in [0.25, 0.3) is 0 Å². The van der Waals surface area contributed by atoms with Crippen molar-refractivity contribution in [2.24, 2.45) is 11.3 Å². The smallest absolute Gasteiger partial charge is 0.333 e. The van der Waals surface area contributed by atoms with Crippen molar-refractivity contribution in [2.45, 2.75) is 99.2 Å². The molecule has 0 aromatic heterocycles. The first-order valence-corrected chi connectivity index (χ1v) is 12.5. The summed E-state index contributed by atoms with van der Waals surface area (Å²) in [6.45, 7) is 17.7. The van der Waals surface area contributed by atoms with Gasteiger partial charge in [0.2, 0.25) is 11.8 Å². The molecule has 0 bridgehead atoms. The fourth-order valence-electron chi connectivity index (χ4n) is 4.40. The quantitative estimate of drug-likeness (QED) is 0.392. The van der Waals surface area contributed by atoms with Crippen LogP contribution in [0.3, 0.4) is 0 Å². The number of piperidine rings is 1. The Bertz CT molecular complexity index is 694. The molecule has 1 N–H and O–H groups in total. The number of amides is 2. The molecule has 0 saturated carbocycles. The van der Waals surface area contributed by atoms with Crippen LogP contribution in [0, 0.1) is 11.3 Å². The molecule has 1 heterocycles. The molecule has 33 heavy (non-hydrogen) atoms. The topological polar surface area (TPSA) is 79.0 Å². The molecule has 1 aliphatic heterocycles. The summed E-state index contributed by atoms with van der Waals surface area (Å²) in [6.07, 6.45) is 5.75. The highest BCUT2D eigenvalue weighted by Gasteiger charge is 2.39. The Morgan fingerprint density at radius 3 is 2.33 bits per heavy atom.